The minimum absolute atomic E-state index is 0.0853. The van der Waals surface area contributed by atoms with E-state index in [4.69, 9.17) is 4.74 Å². The number of alkyl halides is 2. The van der Waals surface area contributed by atoms with Crippen LogP contribution in [0.5, 0.6) is 5.75 Å². The number of hydrogen-bond acceptors (Lipinski definition) is 2. The molecule has 2 nitrogen and oxygen atoms in total. The Bertz CT molecular complexity index is 658. The monoisotopic (exact) mass is 361 g/mol. The van der Waals surface area contributed by atoms with E-state index in [9.17, 15) is 8.78 Å². The summed E-state index contributed by atoms with van der Waals surface area (Å²) >= 11 is 0. The number of rotatable bonds is 8. The molecule has 26 heavy (non-hydrogen) atoms. The number of likely N-dealkylation sites (N-methyl/N-ethyl adjacent to an activating group) is 1. The van der Waals surface area contributed by atoms with Crippen molar-refractivity contribution in [3.8, 4) is 5.75 Å². The molecule has 0 unspecified atom stereocenters. The van der Waals surface area contributed by atoms with Crippen molar-refractivity contribution < 1.29 is 13.5 Å². The predicted octanol–water partition coefficient (Wildman–Crippen LogP) is 5.29. The fourth-order valence-corrected chi connectivity index (χ4v) is 4.61. The quantitative estimate of drug-likeness (QED) is 0.583. The maximum atomic E-state index is 12.5. The fourth-order valence-electron chi connectivity index (χ4n) is 4.61. The zero-order valence-corrected chi connectivity index (χ0v) is 15.6. The van der Waals surface area contributed by atoms with Gasteiger partial charge in [0.15, 0.2) is 0 Å². The number of benzene rings is 1. The molecule has 0 aliphatic heterocycles. The molecule has 1 aromatic carbocycles. The summed E-state index contributed by atoms with van der Waals surface area (Å²) in [5.41, 5.74) is 2.57. The van der Waals surface area contributed by atoms with Crippen LogP contribution in [-0.2, 0) is 5.41 Å². The van der Waals surface area contributed by atoms with Crippen LogP contribution in [0, 0.1) is 5.92 Å². The van der Waals surface area contributed by atoms with E-state index in [1.165, 1.54) is 30.4 Å². The van der Waals surface area contributed by atoms with Crippen LogP contribution in [0.4, 0.5) is 8.78 Å². The Morgan fingerprint density at radius 1 is 1.38 bits per heavy atom. The highest BCUT2D eigenvalue weighted by atomic mass is 19.3. The number of nitrogens with zero attached hydrogens (tertiary/aromatic N) is 1. The summed E-state index contributed by atoms with van der Waals surface area (Å²) in [6.45, 7) is 5.15. The molecule has 0 saturated heterocycles. The Labute approximate surface area is 155 Å². The van der Waals surface area contributed by atoms with Crippen molar-refractivity contribution in [1.82, 2.24) is 4.90 Å². The fraction of sp³-hybridized carbons (Fsp3) is 0.545. The number of ether oxygens (including phenoxy) is 1. The van der Waals surface area contributed by atoms with Gasteiger partial charge in [0.1, 0.15) is 12.4 Å². The maximum Gasteiger partial charge on any atom is 0.272 e. The first-order chi connectivity index (χ1) is 12.5. The summed E-state index contributed by atoms with van der Waals surface area (Å²) < 4.78 is 30.4. The lowest BCUT2D eigenvalue weighted by molar-refractivity contribution is 0.0816. The van der Waals surface area contributed by atoms with Gasteiger partial charge >= 0.3 is 0 Å². The predicted molar refractivity (Wildman–Crippen MR) is 103 cm³/mol. The molecule has 0 bridgehead atoms. The largest absolute Gasteiger partial charge is 0.488 e. The lowest BCUT2D eigenvalue weighted by atomic mass is 9.58. The third-order valence-corrected chi connectivity index (χ3v) is 5.92. The third kappa shape index (κ3) is 4.01. The van der Waals surface area contributed by atoms with Crippen LogP contribution in [0.1, 0.15) is 43.2 Å². The second kappa shape index (κ2) is 8.34. The van der Waals surface area contributed by atoms with Gasteiger partial charge in [-0.2, -0.15) is 0 Å². The second-order valence-electron chi connectivity index (χ2n) is 7.62. The molecule has 0 heterocycles. The molecule has 1 saturated carbocycles. The third-order valence-electron chi connectivity index (χ3n) is 5.92. The molecular weight excluding hydrogens is 332 g/mol. The van der Waals surface area contributed by atoms with Gasteiger partial charge in [0.2, 0.25) is 0 Å². The Kier molecular flexibility index (Phi) is 6.13. The minimum atomic E-state index is -2.45. The molecule has 0 aromatic heterocycles. The number of halogens is 2. The molecule has 0 radical (unpaired) electrons. The van der Waals surface area contributed by atoms with Crippen LogP contribution in [-0.4, -0.2) is 38.1 Å². The van der Waals surface area contributed by atoms with Crippen LogP contribution in [0.25, 0.3) is 6.08 Å². The Balaban J connectivity index is 1.90. The van der Waals surface area contributed by atoms with Crippen molar-refractivity contribution in [3.63, 3.8) is 0 Å². The number of allylic oxidation sites excluding steroid dienone is 1. The van der Waals surface area contributed by atoms with Gasteiger partial charge in [-0.1, -0.05) is 37.1 Å². The molecule has 3 rings (SSSR count). The average Bonchev–Trinajstić information content (AvgIpc) is 2.64. The number of fused-ring (bicyclic) bond motifs is 3. The van der Waals surface area contributed by atoms with Gasteiger partial charge in [-0.15, -0.1) is 6.58 Å². The Morgan fingerprint density at radius 2 is 2.23 bits per heavy atom. The maximum absolute atomic E-state index is 12.5. The smallest absolute Gasteiger partial charge is 0.272 e. The first kappa shape index (κ1) is 19.1. The summed E-state index contributed by atoms with van der Waals surface area (Å²) in [5.74, 6) is 1.08. The molecule has 1 aromatic rings. The topological polar surface area (TPSA) is 12.5 Å². The van der Waals surface area contributed by atoms with E-state index in [1.54, 1.807) is 0 Å². The summed E-state index contributed by atoms with van der Waals surface area (Å²) in [6.07, 6.45) is 9.95. The second-order valence-corrected chi connectivity index (χ2v) is 7.62. The van der Waals surface area contributed by atoms with Crippen molar-refractivity contribution >= 4 is 6.08 Å². The number of hydrogen-bond donors (Lipinski definition) is 0. The standard InChI is InChI=1S/C22H29F2NO/c1-3-13-25(2)14-12-22-11-5-4-6-18(22)9-7-17-8-10-19(15-20(17)22)26-16-21(23)24/h3,7-10,15,18,21H,1,4-6,11-14,16H2,2H3/t18-,22+/m1/s1. The summed E-state index contributed by atoms with van der Waals surface area (Å²) in [6, 6.07) is 5.85. The van der Waals surface area contributed by atoms with Gasteiger partial charge in [-0.3, -0.25) is 0 Å². The van der Waals surface area contributed by atoms with E-state index in [0.29, 0.717) is 11.7 Å². The van der Waals surface area contributed by atoms with Crippen molar-refractivity contribution in [3.05, 3.63) is 48.1 Å². The van der Waals surface area contributed by atoms with Crippen LogP contribution in [0.15, 0.2) is 36.9 Å². The molecule has 0 amide bonds. The molecular formula is C22H29F2NO. The van der Waals surface area contributed by atoms with Crippen molar-refractivity contribution in [2.45, 2.75) is 43.9 Å². The first-order valence-corrected chi connectivity index (χ1v) is 9.58. The molecule has 0 N–H and O–H groups in total. The van der Waals surface area contributed by atoms with Gasteiger partial charge < -0.3 is 9.64 Å². The van der Waals surface area contributed by atoms with Crippen molar-refractivity contribution in [1.29, 1.82) is 0 Å². The van der Waals surface area contributed by atoms with Crippen LogP contribution in [0.3, 0.4) is 0 Å². The SMILES string of the molecule is C=CCN(C)CC[C@@]12CCCC[C@@H]1C=Cc1ccc(OCC(F)F)cc12. The zero-order valence-electron chi connectivity index (χ0n) is 15.6. The highest BCUT2D eigenvalue weighted by Gasteiger charge is 2.43. The lowest BCUT2D eigenvalue weighted by Crippen LogP contribution is -2.42. The van der Waals surface area contributed by atoms with Crippen molar-refractivity contribution in [2.24, 2.45) is 5.92 Å². The first-order valence-electron chi connectivity index (χ1n) is 9.58. The highest BCUT2D eigenvalue weighted by Crippen LogP contribution is 2.51. The minimum Gasteiger partial charge on any atom is -0.488 e. The van der Waals surface area contributed by atoms with E-state index in [2.05, 4.69) is 30.7 Å². The molecule has 4 heteroatoms. The Morgan fingerprint density at radius 3 is 3.00 bits per heavy atom. The van der Waals surface area contributed by atoms with Gasteiger partial charge in [-0.05, 0) is 62.0 Å². The van der Waals surface area contributed by atoms with E-state index in [1.807, 2.05) is 24.3 Å². The zero-order chi connectivity index (χ0) is 18.6. The van der Waals surface area contributed by atoms with E-state index >= 15 is 0 Å². The van der Waals surface area contributed by atoms with Gasteiger partial charge in [0.05, 0.1) is 0 Å². The normalized spacial score (nSPS) is 24.4. The van der Waals surface area contributed by atoms with Crippen LogP contribution >= 0.6 is 0 Å². The summed E-state index contributed by atoms with van der Waals surface area (Å²) in [7, 11) is 2.12. The molecule has 0 spiro atoms. The Hall–Kier alpha value is -1.68. The van der Waals surface area contributed by atoms with Crippen LogP contribution < -0.4 is 4.74 Å². The summed E-state index contributed by atoms with van der Waals surface area (Å²) in [4.78, 5) is 2.29. The van der Waals surface area contributed by atoms with Gasteiger partial charge in [0.25, 0.3) is 6.43 Å². The average molecular weight is 361 g/mol. The molecule has 142 valence electrons. The molecule has 2 aliphatic carbocycles. The summed E-state index contributed by atoms with van der Waals surface area (Å²) in [5, 5.41) is 0. The lowest BCUT2D eigenvalue weighted by Gasteiger charge is -2.47. The van der Waals surface area contributed by atoms with Crippen LogP contribution in [0.2, 0.25) is 0 Å². The van der Waals surface area contributed by atoms with Crippen molar-refractivity contribution in [2.75, 3.05) is 26.7 Å². The van der Waals surface area contributed by atoms with Gasteiger partial charge in [0, 0.05) is 12.0 Å². The highest BCUT2D eigenvalue weighted by molar-refractivity contribution is 5.62. The molecule has 1 fully saturated rings. The molecule has 2 atom stereocenters. The van der Waals surface area contributed by atoms with Gasteiger partial charge in [-0.25, -0.2) is 8.78 Å². The van der Waals surface area contributed by atoms with E-state index in [-0.39, 0.29) is 5.41 Å². The molecule has 2 aliphatic rings. The van der Waals surface area contributed by atoms with E-state index in [0.717, 1.165) is 25.9 Å². The van der Waals surface area contributed by atoms with E-state index < -0.39 is 13.0 Å².